The fraction of sp³-hybridized carbons (Fsp3) is 0.571. The number of hydrogen-bond acceptors (Lipinski definition) is 4. The summed E-state index contributed by atoms with van der Waals surface area (Å²) < 4.78 is 2.30. The first-order chi connectivity index (χ1) is 13.3. The molecule has 2 saturated heterocycles. The van der Waals surface area contributed by atoms with E-state index in [4.69, 9.17) is 0 Å². The summed E-state index contributed by atoms with van der Waals surface area (Å²) in [5.41, 5.74) is 0.778. The molecule has 0 spiro atoms. The van der Waals surface area contributed by atoms with Crippen molar-refractivity contribution in [1.29, 1.82) is 0 Å². The van der Waals surface area contributed by atoms with E-state index in [2.05, 4.69) is 26.6 Å². The molecule has 0 aliphatic carbocycles. The lowest BCUT2D eigenvalue weighted by Gasteiger charge is -2.31. The fourth-order valence-electron chi connectivity index (χ4n) is 4.36. The van der Waals surface area contributed by atoms with Crippen molar-refractivity contribution in [2.75, 3.05) is 26.2 Å². The van der Waals surface area contributed by atoms with Crippen molar-refractivity contribution < 1.29 is 4.79 Å². The van der Waals surface area contributed by atoms with Crippen molar-refractivity contribution in [3.8, 4) is 0 Å². The molecule has 4 rings (SSSR count). The van der Waals surface area contributed by atoms with Crippen molar-refractivity contribution in [3.05, 3.63) is 47.5 Å². The monoisotopic (exact) mass is 367 g/mol. The van der Waals surface area contributed by atoms with Gasteiger partial charge in [0.2, 0.25) is 0 Å². The second kappa shape index (κ2) is 8.21. The number of benzene rings is 1. The predicted octanol–water partition coefficient (Wildman–Crippen LogP) is 2.91. The van der Waals surface area contributed by atoms with Crippen LogP contribution in [0, 0.1) is 0 Å². The SMILES string of the molecule is CCn1c(CN2CCCC2)nnc1C1CCN(C(=O)c2ccccc2)CC1. The molecular formula is C21H29N5O. The second-order valence-corrected chi connectivity index (χ2v) is 7.63. The van der Waals surface area contributed by atoms with Crippen LogP contribution in [0.3, 0.4) is 0 Å². The van der Waals surface area contributed by atoms with Crippen LogP contribution >= 0.6 is 0 Å². The quantitative estimate of drug-likeness (QED) is 0.815. The maximum absolute atomic E-state index is 12.7. The number of nitrogens with zero attached hydrogens (tertiary/aromatic N) is 5. The van der Waals surface area contributed by atoms with Crippen molar-refractivity contribution >= 4 is 5.91 Å². The van der Waals surface area contributed by atoms with E-state index in [0.29, 0.717) is 5.92 Å². The minimum absolute atomic E-state index is 0.140. The van der Waals surface area contributed by atoms with Gasteiger partial charge in [0.15, 0.2) is 0 Å². The predicted molar refractivity (Wildman–Crippen MR) is 105 cm³/mol. The fourth-order valence-corrected chi connectivity index (χ4v) is 4.36. The van der Waals surface area contributed by atoms with Crippen LogP contribution in [-0.4, -0.2) is 56.7 Å². The van der Waals surface area contributed by atoms with Gasteiger partial charge < -0.3 is 9.47 Å². The van der Waals surface area contributed by atoms with E-state index in [9.17, 15) is 4.79 Å². The van der Waals surface area contributed by atoms with Gasteiger partial charge >= 0.3 is 0 Å². The van der Waals surface area contributed by atoms with Crippen LogP contribution in [0.25, 0.3) is 0 Å². The highest BCUT2D eigenvalue weighted by atomic mass is 16.2. The largest absolute Gasteiger partial charge is 0.339 e. The highest BCUT2D eigenvalue weighted by Gasteiger charge is 2.28. The van der Waals surface area contributed by atoms with Gasteiger partial charge in [0.05, 0.1) is 6.54 Å². The molecule has 6 heteroatoms. The van der Waals surface area contributed by atoms with Crippen molar-refractivity contribution in [2.24, 2.45) is 0 Å². The van der Waals surface area contributed by atoms with E-state index in [0.717, 1.165) is 56.2 Å². The van der Waals surface area contributed by atoms with Gasteiger partial charge in [0, 0.05) is 31.1 Å². The number of rotatable bonds is 5. The summed E-state index contributed by atoms with van der Waals surface area (Å²) in [6, 6.07) is 9.58. The minimum Gasteiger partial charge on any atom is -0.339 e. The molecule has 27 heavy (non-hydrogen) atoms. The number of likely N-dealkylation sites (tertiary alicyclic amines) is 2. The summed E-state index contributed by atoms with van der Waals surface area (Å²) in [5, 5.41) is 9.08. The van der Waals surface area contributed by atoms with E-state index in [-0.39, 0.29) is 5.91 Å². The van der Waals surface area contributed by atoms with Crippen LogP contribution in [0.1, 0.15) is 60.5 Å². The maximum Gasteiger partial charge on any atom is 0.253 e. The number of amides is 1. The second-order valence-electron chi connectivity index (χ2n) is 7.63. The van der Waals surface area contributed by atoms with Gasteiger partial charge in [-0.25, -0.2) is 0 Å². The Labute approximate surface area is 161 Å². The number of carbonyl (C=O) groups excluding carboxylic acids is 1. The first-order valence-corrected chi connectivity index (χ1v) is 10.2. The van der Waals surface area contributed by atoms with Crippen LogP contribution in [0.2, 0.25) is 0 Å². The zero-order valence-corrected chi connectivity index (χ0v) is 16.2. The molecule has 3 heterocycles. The molecule has 1 aromatic heterocycles. The van der Waals surface area contributed by atoms with E-state index in [1.807, 2.05) is 35.2 Å². The Bertz CT molecular complexity index is 758. The smallest absolute Gasteiger partial charge is 0.253 e. The molecule has 0 saturated carbocycles. The topological polar surface area (TPSA) is 54.3 Å². The average molecular weight is 367 g/mol. The highest BCUT2D eigenvalue weighted by molar-refractivity contribution is 5.94. The van der Waals surface area contributed by atoms with Gasteiger partial charge in [-0.05, 0) is 57.8 Å². The first kappa shape index (κ1) is 18.2. The molecule has 6 nitrogen and oxygen atoms in total. The molecule has 2 aromatic rings. The Morgan fingerprint density at radius 3 is 2.41 bits per heavy atom. The summed E-state index contributed by atoms with van der Waals surface area (Å²) in [7, 11) is 0. The Balaban J connectivity index is 1.40. The van der Waals surface area contributed by atoms with Gasteiger partial charge in [0.25, 0.3) is 5.91 Å². The van der Waals surface area contributed by atoms with Crippen molar-refractivity contribution in [1.82, 2.24) is 24.6 Å². The molecule has 0 atom stereocenters. The Morgan fingerprint density at radius 1 is 1.04 bits per heavy atom. The molecule has 2 aliphatic rings. The summed E-state index contributed by atoms with van der Waals surface area (Å²) in [6.07, 6.45) is 4.50. The first-order valence-electron chi connectivity index (χ1n) is 10.2. The molecule has 0 bridgehead atoms. The lowest BCUT2D eigenvalue weighted by Crippen LogP contribution is -2.38. The molecular weight excluding hydrogens is 338 g/mol. The highest BCUT2D eigenvalue weighted by Crippen LogP contribution is 2.28. The zero-order chi connectivity index (χ0) is 18.6. The third-order valence-electron chi connectivity index (χ3n) is 5.90. The molecule has 1 aromatic carbocycles. The standard InChI is InChI=1S/C21H29N5O/c1-2-26-19(16-24-12-6-7-13-24)22-23-20(26)17-10-14-25(15-11-17)21(27)18-8-4-3-5-9-18/h3-5,8-9,17H,2,6-7,10-16H2,1H3. The number of piperidine rings is 1. The van der Waals surface area contributed by atoms with Gasteiger partial charge in [0.1, 0.15) is 11.6 Å². The van der Waals surface area contributed by atoms with E-state index in [1.54, 1.807) is 0 Å². The Morgan fingerprint density at radius 2 is 1.74 bits per heavy atom. The van der Waals surface area contributed by atoms with Crippen LogP contribution in [-0.2, 0) is 13.1 Å². The van der Waals surface area contributed by atoms with E-state index >= 15 is 0 Å². The van der Waals surface area contributed by atoms with Gasteiger partial charge in [-0.3, -0.25) is 9.69 Å². The number of aromatic nitrogens is 3. The lowest BCUT2D eigenvalue weighted by atomic mass is 9.95. The van der Waals surface area contributed by atoms with Gasteiger partial charge in [-0.2, -0.15) is 0 Å². The van der Waals surface area contributed by atoms with Crippen LogP contribution in [0.15, 0.2) is 30.3 Å². The van der Waals surface area contributed by atoms with Gasteiger partial charge in [-0.15, -0.1) is 10.2 Å². The van der Waals surface area contributed by atoms with Gasteiger partial charge in [-0.1, -0.05) is 18.2 Å². The average Bonchev–Trinajstić information content (AvgIpc) is 3.38. The van der Waals surface area contributed by atoms with Crippen LogP contribution < -0.4 is 0 Å². The Hall–Kier alpha value is -2.21. The summed E-state index contributed by atoms with van der Waals surface area (Å²) in [4.78, 5) is 17.1. The molecule has 144 valence electrons. The molecule has 0 radical (unpaired) electrons. The molecule has 2 fully saturated rings. The number of hydrogen-bond donors (Lipinski definition) is 0. The molecule has 2 aliphatic heterocycles. The lowest BCUT2D eigenvalue weighted by molar-refractivity contribution is 0.0710. The summed E-state index contributed by atoms with van der Waals surface area (Å²) >= 11 is 0. The minimum atomic E-state index is 0.140. The maximum atomic E-state index is 12.7. The molecule has 0 unspecified atom stereocenters. The summed E-state index contributed by atoms with van der Waals surface area (Å²) in [5.74, 6) is 2.74. The summed E-state index contributed by atoms with van der Waals surface area (Å²) in [6.45, 7) is 7.92. The third kappa shape index (κ3) is 3.90. The Kier molecular flexibility index (Phi) is 5.53. The van der Waals surface area contributed by atoms with E-state index in [1.165, 1.54) is 25.9 Å². The van der Waals surface area contributed by atoms with Crippen LogP contribution in [0.5, 0.6) is 0 Å². The normalized spacial score (nSPS) is 18.9. The van der Waals surface area contributed by atoms with Crippen LogP contribution in [0.4, 0.5) is 0 Å². The van der Waals surface area contributed by atoms with Crippen molar-refractivity contribution in [2.45, 2.75) is 51.6 Å². The van der Waals surface area contributed by atoms with Crippen molar-refractivity contribution in [3.63, 3.8) is 0 Å². The molecule has 1 amide bonds. The zero-order valence-electron chi connectivity index (χ0n) is 16.2. The third-order valence-corrected chi connectivity index (χ3v) is 5.90. The number of carbonyl (C=O) groups is 1. The molecule has 0 N–H and O–H groups in total. The van der Waals surface area contributed by atoms with E-state index < -0.39 is 0 Å².